The van der Waals surface area contributed by atoms with Gasteiger partial charge in [0, 0.05) is 22.5 Å². The molecule has 1 aliphatic heterocycles. The molecule has 1 N–H and O–H groups in total. The van der Waals surface area contributed by atoms with Crippen molar-refractivity contribution in [1.82, 2.24) is 5.32 Å². The molecule has 0 saturated heterocycles. The fourth-order valence-corrected chi connectivity index (χ4v) is 3.08. The van der Waals surface area contributed by atoms with Crippen molar-refractivity contribution in [2.75, 3.05) is 6.54 Å². The van der Waals surface area contributed by atoms with Crippen LogP contribution in [0.2, 0.25) is 0 Å². The molecule has 2 aliphatic rings. The van der Waals surface area contributed by atoms with Gasteiger partial charge in [-0.2, -0.15) is 0 Å². The largest absolute Gasteiger partial charge is 0.490 e. The monoisotopic (exact) mass is 309 g/mol. The number of benzene rings is 1. The molecule has 1 heterocycles. The van der Waals surface area contributed by atoms with Crippen LogP contribution < -0.4 is 10.1 Å². The summed E-state index contributed by atoms with van der Waals surface area (Å²) < 4.78 is 7.28. The fourth-order valence-electron chi connectivity index (χ4n) is 2.74. The first-order valence-electron chi connectivity index (χ1n) is 6.97. The van der Waals surface area contributed by atoms with Gasteiger partial charge in [-0.25, -0.2) is 0 Å². The Morgan fingerprint density at radius 1 is 1.39 bits per heavy atom. The van der Waals surface area contributed by atoms with Crippen LogP contribution in [0.15, 0.2) is 22.7 Å². The third-order valence-electron chi connectivity index (χ3n) is 3.89. The maximum atomic E-state index is 6.18. The van der Waals surface area contributed by atoms with Crippen LogP contribution in [0.1, 0.15) is 44.2 Å². The molecule has 2 nitrogen and oxygen atoms in total. The van der Waals surface area contributed by atoms with Crippen molar-refractivity contribution in [1.29, 1.82) is 0 Å². The SMILES string of the molecule is CCCNC1CC(C2CC2)Oc2cc(Br)ccc21. The normalized spacial score (nSPS) is 26.6. The van der Waals surface area contributed by atoms with E-state index in [1.54, 1.807) is 0 Å². The van der Waals surface area contributed by atoms with E-state index in [2.05, 4.69) is 46.4 Å². The molecule has 0 bridgehead atoms. The lowest BCUT2D eigenvalue weighted by Gasteiger charge is -2.33. The van der Waals surface area contributed by atoms with Crippen LogP contribution in [0.4, 0.5) is 0 Å². The van der Waals surface area contributed by atoms with Crippen LogP contribution in [-0.2, 0) is 0 Å². The van der Waals surface area contributed by atoms with Gasteiger partial charge in [0.25, 0.3) is 0 Å². The lowest BCUT2D eigenvalue weighted by Crippen LogP contribution is -2.34. The molecule has 1 saturated carbocycles. The molecule has 0 aromatic heterocycles. The van der Waals surface area contributed by atoms with E-state index in [9.17, 15) is 0 Å². The summed E-state index contributed by atoms with van der Waals surface area (Å²) in [5.41, 5.74) is 1.32. The summed E-state index contributed by atoms with van der Waals surface area (Å²) in [6.45, 7) is 3.30. The second kappa shape index (κ2) is 5.22. The fraction of sp³-hybridized carbons (Fsp3) is 0.600. The van der Waals surface area contributed by atoms with E-state index in [1.165, 1.54) is 24.8 Å². The van der Waals surface area contributed by atoms with Gasteiger partial charge in [0.15, 0.2) is 0 Å². The van der Waals surface area contributed by atoms with Crippen molar-refractivity contribution in [3.63, 3.8) is 0 Å². The van der Waals surface area contributed by atoms with E-state index < -0.39 is 0 Å². The summed E-state index contributed by atoms with van der Waals surface area (Å²) in [4.78, 5) is 0. The zero-order chi connectivity index (χ0) is 12.5. The van der Waals surface area contributed by atoms with Gasteiger partial charge in [-0.1, -0.05) is 28.9 Å². The number of ether oxygens (including phenoxy) is 1. The highest BCUT2D eigenvalue weighted by molar-refractivity contribution is 9.10. The lowest BCUT2D eigenvalue weighted by molar-refractivity contribution is 0.129. The van der Waals surface area contributed by atoms with Crippen molar-refractivity contribution in [3.8, 4) is 5.75 Å². The highest BCUT2D eigenvalue weighted by Crippen LogP contribution is 2.44. The van der Waals surface area contributed by atoms with Gasteiger partial charge in [0.05, 0.1) is 0 Å². The van der Waals surface area contributed by atoms with Crippen LogP contribution in [0, 0.1) is 5.92 Å². The first kappa shape index (κ1) is 12.5. The number of hydrogen-bond donors (Lipinski definition) is 1. The number of halogens is 1. The van der Waals surface area contributed by atoms with Crippen molar-refractivity contribution in [2.45, 2.75) is 44.8 Å². The van der Waals surface area contributed by atoms with E-state index in [4.69, 9.17) is 4.74 Å². The maximum Gasteiger partial charge on any atom is 0.125 e. The Labute approximate surface area is 117 Å². The minimum Gasteiger partial charge on any atom is -0.490 e. The first-order chi connectivity index (χ1) is 8.78. The molecule has 1 fully saturated rings. The van der Waals surface area contributed by atoms with Crippen molar-refractivity contribution >= 4 is 15.9 Å². The van der Waals surface area contributed by atoms with Gasteiger partial charge in [0.2, 0.25) is 0 Å². The Balaban J connectivity index is 1.84. The van der Waals surface area contributed by atoms with Crippen molar-refractivity contribution in [2.24, 2.45) is 5.92 Å². The van der Waals surface area contributed by atoms with Gasteiger partial charge < -0.3 is 10.1 Å². The maximum absolute atomic E-state index is 6.18. The van der Waals surface area contributed by atoms with E-state index in [1.807, 2.05) is 0 Å². The second-order valence-electron chi connectivity index (χ2n) is 5.42. The van der Waals surface area contributed by atoms with Gasteiger partial charge in [-0.3, -0.25) is 0 Å². The lowest BCUT2D eigenvalue weighted by atomic mass is 9.94. The molecule has 2 atom stereocenters. The molecule has 2 unspecified atom stereocenters. The van der Waals surface area contributed by atoms with E-state index in [0.717, 1.165) is 29.1 Å². The number of fused-ring (bicyclic) bond motifs is 1. The van der Waals surface area contributed by atoms with Crippen LogP contribution in [-0.4, -0.2) is 12.6 Å². The highest BCUT2D eigenvalue weighted by atomic mass is 79.9. The quantitative estimate of drug-likeness (QED) is 0.906. The third-order valence-corrected chi connectivity index (χ3v) is 4.38. The Hall–Kier alpha value is -0.540. The molecule has 0 radical (unpaired) electrons. The smallest absolute Gasteiger partial charge is 0.125 e. The predicted octanol–water partition coefficient (Wildman–Crippen LogP) is 4.05. The number of rotatable bonds is 4. The Morgan fingerprint density at radius 3 is 2.94 bits per heavy atom. The molecule has 98 valence electrons. The van der Waals surface area contributed by atoms with Crippen LogP contribution in [0.25, 0.3) is 0 Å². The van der Waals surface area contributed by atoms with E-state index in [0.29, 0.717) is 12.1 Å². The second-order valence-corrected chi connectivity index (χ2v) is 6.33. The summed E-state index contributed by atoms with van der Waals surface area (Å²) in [7, 11) is 0. The number of nitrogens with one attached hydrogen (secondary N) is 1. The van der Waals surface area contributed by atoms with Crippen LogP contribution in [0.5, 0.6) is 5.75 Å². The van der Waals surface area contributed by atoms with Gasteiger partial charge in [-0.15, -0.1) is 0 Å². The molecule has 1 aliphatic carbocycles. The molecule has 0 spiro atoms. The molecule has 3 heteroatoms. The zero-order valence-electron chi connectivity index (χ0n) is 10.8. The molecule has 18 heavy (non-hydrogen) atoms. The minimum absolute atomic E-state index is 0.418. The average Bonchev–Trinajstić information content (AvgIpc) is 3.19. The molecular weight excluding hydrogens is 290 g/mol. The molecule has 3 rings (SSSR count). The minimum atomic E-state index is 0.418. The standard InChI is InChI=1S/C15H20BrNO/c1-2-7-17-13-9-14(10-3-4-10)18-15-8-11(16)5-6-12(13)15/h5-6,8,10,13-14,17H,2-4,7,9H2,1H3. The predicted molar refractivity (Wildman–Crippen MR) is 76.9 cm³/mol. The summed E-state index contributed by atoms with van der Waals surface area (Å²) in [6, 6.07) is 6.88. The summed E-state index contributed by atoms with van der Waals surface area (Å²) in [5.74, 6) is 1.86. The van der Waals surface area contributed by atoms with Gasteiger partial charge in [0.1, 0.15) is 11.9 Å². The zero-order valence-corrected chi connectivity index (χ0v) is 12.4. The van der Waals surface area contributed by atoms with E-state index >= 15 is 0 Å². The molecular formula is C15H20BrNO. The van der Waals surface area contributed by atoms with Crippen molar-refractivity contribution < 1.29 is 4.74 Å². The molecule has 1 aromatic carbocycles. The topological polar surface area (TPSA) is 21.3 Å². The third kappa shape index (κ3) is 2.57. The molecule has 0 amide bonds. The highest BCUT2D eigenvalue weighted by Gasteiger charge is 2.38. The Bertz CT molecular complexity index is 431. The Morgan fingerprint density at radius 2 is 2.22 bits per heavy atom. The van der Waals surface area contributed by atoms with Gasteiger partial charge in [-0.05, 0) is 43.9 Å². The van der Waals surface area contributed by atoms with Crippen LogP contribution >= 0.6 is 15.9 Å². The average molecular weight is 310 g/mol. The summed E-state index contributed by atoms with van der Waals surface area (Å²) >= 11 is 3.54. The summed E-state index contributed by atoms with van der Waals surface area (Å²) in [5, 5.41) is 3.66. The van der Waals surface area contributed by atoms with Crippen molar-refractivity contribution in [3.05, 3.63) is 28.2 Å². The molecule has 1 aromatic rings. The van der Waals surface area contributed by atoms with Gasteiger partial charge >= 0.3 is 0 Å². The number of hydrogen-bond acceptors (Lipinski definition) is 2. The Kier molecular flexibility index (Phi) is 3.62. The van der Waals surface area contributed by atoms with E-state index in [-0.39, 0.29) is 0 Å². The van der Waals surface area contributed by atoms with Crippen LogP contribution in [0.3, 0.4) is 0 Å². The first-order valence-corrected chi connectivity index (χ1v) is 7.76. The summed E-state index contributed by atoms with van der Waals surface area (Å²) in [6.07, 6.45) is 5.40.